The second-order valence-electron chi connectivity index (χ2n) is 6.73. The summed E-state index contributed by atoms with van der Waals surface area (Å²) in [4.78, 5) is 17.4. The molecule has 0 atom stereocenters. The minimum atomic E-state index is -0.871. The van der Waals surface area contributed by atoms with Crippen LogP contribution in [0.15, 0.2) is 72.4 Å². The van der Waals surface area contributed by atoms with Crippen molar-refractivity contribution in [2.45, 2.75) is 20.3 Å². The summed E-state index contributed by atoms with van der Waals surface area (Å²) in [6.45, 7) is 4.29. The number of allylic oxidation sites excluding steroid dienone is 4. The molecular weight excluding hydrogens is 412 g/mol. The van der Waals surface area contributed by atoms with Crippen LogP contribution in [-0.2, 0) is 0 Å². The number of aromatic nitrogens is 6. The summed E-state index contributed by atoms with van der Waals surface area (Å²) >= 11 is 0. The second kappa shape index (κ2) is 9.42. The highest BCUT2D eigenvalue weighted by Gasteiger charge is 2.11. The van der Waals surface area contributed by atoms with Crippen LogP contribution in [0.2, 0.25) is 0 Å². The number of rotatable bonds is 4. The largest absolute Gasteiger partial charge is 0.350 e. The molecule has 0 radical (unpaired) electrons. The first-order valence-corrected chi connectivity index (χ1v) is 10.2. The highest BCUT2D eigenvalue weighted by Crippen LogP contribution is 2.27. The molecule has 1 aliphatic carbocycles. The van der Waals surface area contributed by atoms with Gasteiger partial charge in [-0.05, 0) is 36.3 Å². The lowest BCUT2D eigenvalue weighted by Gasteiger charge is -2.08. The Hall–Kier alpha value is -4.01. The zero-order chi connectivity index (χ0) is 22.5. The maximum Gasteiger partial charge on any atom is 0.223 e. The van der Waals surface area contributed by atoms with Crippen LogP contribution < -0.4 is 5.32 Å². The van der Waals surface area contributed by atoms with E-state index in [-0.39, 0.29) is 6.54 Å². The number of fused-ring (bicyclic) bond motifs is 2. The zero-order valence-electron chi connectivity index (χ0n) is 17.6. The molecule has 0 bridgehead atoms. The molecule has 5 rings (SSSR count). The molecule has 3 aromatic heterocycles. The van der Waals surface area contributed by atoms with E-state index in [4.69, 9.17) is 0 Å². The lowest BCUT2D eigenvalue weighted by molar-refractivity contribution is 0.543. The molecule has 0 saturated heterocycles. The minimum absolute atomic E-state index is 0.289. The molecule has 2 N–H and O–H groups in total. The van der Waals surface area contributed by atoms with E-state index in [0.717, 1.165) is 27.5 Å². The van der Waals surface area contributed by atoms with Gasteiger partial charge in [0, 0.05) is 23.7 Å². The lowest BCUT2D eigenvalue weighted by atomic mass is 10.1. The third-order valence-electron chi connectivity index (χ3n) is 4.77. The van der Waals surface area contributed by atoms with E-state index >= 15 is 0 Å². The summed E-state index contributed by atoms with van der Waals surface area (Å²) in [5, 5.41) is 11.6. The summed E-state index contributed by atoms with van der Waals surface area (Å²) in [6.07, 6.45) is 9.37. The molecule has 1 aliphatic rings. The van der Waals surface area contributed by atoms with Crippen molar-refractivity contribution in [2.24, 2.45) is 0 Å². The molecule has 0 saturated carbocycles. The SMILES string of the molecule is CC.FC1=CCC=C(CNc2ncc3cc(-c4ncnc5[nH]ncc45)ccc3n2)C=C1F. The van der Waals surface area contributed by atoms with E-state index in [1.54, 1.807) is 18.5 Å². The first-order chi connectivity index (χ1) is 15.7. The monoisotopic (exact) mass is 433 g/mol. The third kappa shape index (κ3) is 4.36. The fraction of sp³-hybridized carbons (Fsp3) is 0.174. The average molecular weight is 433 g/mol. The molecule has 7 nitrogen and oxygen atoms in total. The Labute approximate surface area is 183 Å². The van der Waals surface area contributed by atoms with Crippen LogP contribution in [0.5, 0.6) is 0 Å². The van der Waals surface area contributed by atoms with Crippen LogP contribution in [0, 0.1) is 0 Å². The number of nitrogens with one attached hydrogen (secondary N) is 2. The number of benzene rings is 1. The van der Waals surface area contributed by atoms with Crippen molar-refractivity contribution in [2.75, 3.05) is 11.9 Å². The molecule has 0 unspecified atom stereocenters. The van der Waals surface area contributed by atoms with E-state index in [1.807, 2.05) is 32.0 Å². The van der Waals surface area contributed by atoms with Crippen LogP contribution in [0.3, 0.4) is 0 Å². The summed E-state index contributed by atoms with van der Waals surface area (Å²) in [5.41, 5.74) is 3.72. The summed E-state index contributed by atoms with van der Waals surface area (Å²) in [5.74, 6) is -1.30. The van der Waals surface area contributed by atoms with Gasteiger partial charge in [0.2, 0.25) is 5.95 Å². The van der Waals surface area contributed by atoms with Crippen LogP contribution in [-0.4, -0.2) is 36.7 Å². The molecular formula is C23H21F2N7. The predicted octanol–water partition coefficient (Wildman–Crippen LogP) is 5.44. The summed E-state index contributed by atoms with van der Waals surface area (Å²) in [7, 11) is 0. The lowest BCUT2D eigenvalue weighted by Crippen LogP contribution is -2.07. The molecule has 0 amide bonds. The average Bonchev–Trinajstić information content (AvgIpc) is 3.26. The van der Waals surface area contributed by atoms with Crippen molar-refractivity contribution in [3.8, 4) is 11.3 Å². The van der Waals surface area contributed by atoms with Gasteiger partial charge in [-0.3, -0.25) is 5.10 Å². The molecule has 1 aromatic carbocycles. The van der Waals surface area contributed by atoms with Crippen molar-refractivity contribution in [1.29, 1.82) is 0 Å². The van der Waals surface area contributed by atoms with Gasteiger partial charge < -0.3 is 5.32 Å². The fourth-order valence-electron chi connectivity index (χ4n) is 3.27. The van der Waals surface area contributed by atoms with Crippen molar-refractivity contribution < 1.29 is 8.78 Å². The van der Waals surface area contributed by atoms with Crippen molar-refractivity contribution in [3.63, 3.8) is 0 Å². The van der Waals surface area contributed by atoms with Gasteiger partial charge in [-0.1, -0.05) is 26.0 Å². The standard InChI is InChI=1S/C21H15F2N7.C2H6/c22-16-3-1-2-12(6-17(16)23)8-24-21-25-9-14-7-13(4-5-18(14)29-21)19-15-10-28-30-20(15)27-11-26-19;1-2/h2-7,9-11H,1,8H2,(H,24,25,29)(H,26,27,28,30);1-2H3. The number of aromatic amines is 1. The van der Waals surface area contributed by atoms with Crippen LogP contribution in [0.1, 0.15) is 20.3 Å². The summed E-state index contributed by atoms with van der Waals surface area (Å²) < 4.78 is 26.9. The third-order valence-corrected chi connectivity index (χ3v) is 4.77. The number of anilines is 1. The Morgan fingerprint density at radius 2 is 1.91 bits per heavy atom. The van der Waals surface area contributed by atoms with Crippen LogP contribution >= 0.6 is 0 Å². The quantitative estimate of drug-likeness (QED) is 0.445. The second-order valence-corrected chi connectivity index (χ2v) is 6.73. The number of hydrogen-bond acceptors (Lipinski definition) is 6. The maximum atomic E-state index is 13.6. The van der Waals surface area contributed by atoms with E-state index in [9.17, 15) is 8.78 Å². The highest BCUT2D eigenvalue weighted by atomic mass is 19.2. The van der Waals surface area contributed by atoms with E-state index in [2.05, 4.69) is 35.5 Å². The van der Waals surface area contributed by atoms with Gasteiger partial charge in [0.1, 0.15) is 6.33 Å². The number of hydrogen-bond donors (Lipinski definition) is 2. The maximum absolute atomic E-state index is 13.6. The molecule has 32 heavy (non-hydrogen) atoms. The molecule has 4 aromatic rings. The van der Waals surface area contributed by atoms with Gasteiger partial charge in [-0.2, -0.15) is 5.10 Å². The van der Waals surface area contributed by atoms with E-state index in [1.165, 1.54) is 18.5 Å². The first-order valence-electron chi connectivity index (χ1n) is 10.2. The van der Waals surface area contributed by atoms with Gasteiger partial charge in [-0.25, -0.2) is 28.7 Å². The number of halogens is 2. The van der Waals surface area contributed by atoms with Gasteiger partial charge in [-0.15, -0.1) is 0 Å². The predicted molar refractivity (Wildman–Crippen MR) is 121 cm³/mol. The van der Waals surface area contributed by atoms with Gasteiger partial charge in [0.15, 0.2) is 17.3 Å². The molecule has 9 heteroatoms. The fourth-order valence-corrected chi connectivity index (χ4v) is 3.27. The Kier molecular flexibility index (Phi) is 6.25. The normalized spacial score (nSPS) is 13.6. The van der Waals surface area contributed by atoms with Gasteiger partial charge in [0.05, 0.1) is 22.8 Å². The number of nitrogens with zero attached hydrogens (tertiary/aromatic N) is 5. The zero-order valence-corrected chi connectivity index (χ0v) is 17.6. The minimum Gasteiger partial charge on any atom is -0.350 e. The Morgan fingerprint density at radius 3 is 2.78 bits per heavy atom. The molecule has 0 aliphatic heterocycles. The Bertz CT molecular complexity index is 1350. The first kappa shape index (κ1) is 21.2. The van der Waals surface area contributed by atoms with Gasteiger partial charge in [0.25, 0.3) is 0 Å². The smallest absolute Gasteiger partial charge is 0.223 e. The number of H-pyrrole nitrogens is 1. The highest BCUT2D eigenvalue weighted by molar-refractivity contribution is 5.93. The van der Waals surface area contributed by atoms with E-state index in [0.29, 0.717) is 23.6 Å². The molecule has 0 fully saturated rings. The summed E-state index contributed by atoms with van der Waals surface area (Å²) in [6, 6.07) is 5.76. The van der Waals surface area contributed by atoms with Gasteiger partial charge >= 0.3 is 0 Å². The van der Waals surface area contributed by atoms with Crippen LogP contribution in [0.25, 0.3) is 33.2 Å². The van der Waals surface area contributed by atoms with E-state index < -0.39 is 11.7 Å². The molecule has 162 valence electrons. The van der Waals surface area contributed by atoms with Crippen molar-refractivity contribution in [1.82, 2.24) is 30.1 Å². The molecule has 0 spiro atoms. The Morgan fingerprint density at radius 1 is 1.03 bits per heavy atom. The Balaban J connectivity index is 0.00000119. The van der Waals surface area contributed by atoms with Crippen molar-refractivity contribution in [3.05, 3.63) is 72.4 Å². The van der Waals surface area contributed by atoms with Crippen molar-refractivity contribution >= 4 is 27.9 Å². The topological polar surface area (TPSA) is 92.3 Å². The van der Waals surface area contributed by atoms with Crippen LogP contribution in [0.4, 0.5) is 14.7 Å². The molecule has 3 heterocycles.